The summed E-state index contributed by atoms with van der Waals surface area (Å²) >= 11 is 6.54. The number of aromatic nitrogens is 4. The standard InChI is InChI=1S/C30H32BClF2N6O4/c1-7-11-35-27(18-9-8-10-20(26(18)34)29(5,6)37-17(4)41)21(33)14-39-15(2)12-19(25(32)28(39)42)23-16(3)24(23)22-13-36-40(38-22)30(31,43)44/h7-14,16,23-24,43-44H,1-6H3,(H,37,41)/b11-7+,21-14-,35-27+. The van der Waals surface area contributed by atoms with Gasteiger partial charge in [-0.25, -0.2) is 8.78 Å². The van der Waals surface area contributed by atoms with E-state index in [1.165, 1.54) is 37.5 Å². The van der Waals surface area contributed by atoms with Crippen molar-refractivity contribution in [3.05, 3.63) is 97.8 Å². The molecule has 0 aliphatic heterocycles. The van der Waals surface area contributed by atoms with Gasteiger partial charge in [0.1, 0.15) is 16.6 Å². The molecule has 14 heteroatoms. The summed E-state index contributed by atoms with van der Waals surface area (Å²) in [5.74, 6) is -5.42. The van der Waals surface area contributed by atoms with Gasteiger partial charge in [0.15, 0.2) is 13.7 Å². The van der Waals surface area contributed by atoms with Gasteiger partial charge < -0.3 is 15.5 Å². The van der Waals surface area contributed by atoms with Crippen LogP contribution < -0.4 is 10.9 Å². The molecule has 3 atom stereocenters. The predicted molar refractivity (Wildman–Crippen MR) is 163 cm³/mol. The summed E-state index contributed by atoms with van der Waals surface area (Å²) in [6.07, 6.45) is 5.10. The predicted octanol–water partition coefficient (Wildman–Crippen LogP) is 3.94. The monoisotopic (exact) mass is 624 g/mol. The highest BCUT2D eigenvalue weighted by Gasteiger charge is 2.51. The highest BCUT2D eigenvalue weighted by molar-refractivity contribution is 6.31. The zero-order chi connectivity index (χ0) is 32.7. The van der Waals surface area contributed by atoms with E-state index in [0.29, 0.717) is 21.7 Å². The Balaban J connectivity index is 1.73. The second-order valence-corrected chi connectivity index (χ2v) is 11.7. The molecular formula is C30H32BClF2N6O4. The fourth-order valence-electron chi connectivity index (χ4n) is 5.42. The van der Waals surface area contributed by atoms with Gasteiger partial charge in [-0.2, -0.15) is 10.2 Å². The van der Waals surface area contributed by atoms with Crippen LogP contribution in [0.15, 0.2) is 58.4 Å². The first-order valence-corrected chi connectivity index (χ1v) is 14.1. The number of aliphatic imine (C=N–C) groups is 1. The normalized spacial score (nSPS) is 19.5. The van der Waals surface area contributed by atoms with Crippen molar-refractivity contribution in [2.24, 2.45) is 10.9 Å². The minimum atomic E-state index is -2.77. The van der Waals surface area contributed by atoms with Crippen LogP contribution in [0.1, 0.15) is 74.5 Å². The molecule has 2 radical (unpaired) electrons. The zero-order valence-electron chi connectivity index (χ0n) is 25.0. The van der Waals surface area contributed by atoms with Gasteiger partial charge in [0.2, 0.25) is 11.7 Å². The third-order valence-electron chi connectivity index (χ3n) is 7.52. The average molecular weight is 625 g/mol. The van der Waals surface area contributed by atoms with Crippen molar-refractivity contribution in [2.75, 3.05) is 0 Å². The quantitative estimate of drug-likeness (QED) is 0.188. The Hall–Kier alpha value is -3.94. The van der Waals surface area contributed by atoms with Crippen molar-refractivity contribution in [2.45, 2.75) is 64.7 Å². The number of nitrogens with one attached hydrogen (secondary N) is 1. The number of allylic oxidation sites excluding steroid dienone is 2. The van der Waals surface area contributed by atoms with E-state index in [4.69, 9.17) is 19.4 Å². The van der Waals surface area contributed by atoms with Crippen LogP contribution in [-0.2, 0) is 16.1 Å². The van der Waals surface area contributed by atoms with E-state index in [2.05, 4.69) is 20.5 Å². The lowest BCUT2D eigenvalue weighted by atomic mass is 9.90. The SMILES string of the molecule is [B]C(O)(O)n1ncc(C2C(C)C2c2cc(C)n(/C=C(F)/C(=N/C=C/C)c3cccc(C(C)(C)NC(C)=O)c3F)c(=O)c2Cl)n1. The molecule has 10 nitrogen and oxygen atoms in total. The van der Waals surface area contributed by atoms with Gasteiger partial charge in [0, 0.05) is 35.9 Å². The molecule has 3 aromatic rings. The highest BCUT2D eigenvalue weighted by atomic mass is 35.5. The number of carbonyl (C=O) groups excluding carboxylic acids is 1. The minimum Gasteiger partial charge on any atom is -0.355 e. The Kier molecular flexibility index (Phi) is 9.15. The van der Waals surface area contributed by atoms with Crippen molar-refractivity contribution in [3.8, 4) is 0 Å². The molecule has 1 aliphatic rings. The van der Waals surface area contributed by atoms with Crippen molar-refractivity contribution in [3.63, 3.8) is 0 Å². The number of benzene rings is 1. The van der Waals surface area contributed by atoms with Crippen LogP contribution in [0.3, 0.4) is 0 Å². The lowest BCUT2D eigenvalue weighted by molar-refractivity contribution is -0.169. The van der Waals surface area contributed by atoms with E-state index >= 15 is 8.78 Å². The van der Waals surface area contributed by atoms with E-state index in [-0.39, 0.29) is 45.5 Å². The second-order valence-electron chi connectivity index (χ2n) is 11.3. The number of hydrogen-bond donors (Lipinski definition) is 3. The molecule has 0 saturated heterocycles. The fraction of sp³-hybridized carbons (Fsp3) is 0.367. The number of carbonyl (C=O) groups is 1. The Morgan fingerprint density at radius 1 is 1.27 bits per heavy atom. The van der Waals surface area contributed by atoms with Gasteiger partial charge in [-0.3, -0.25) is 19.1 Å². The van der Waals surface area contributed by atoms with E-state index in [1.807, 2.05) is 6.92 Å². The molecule has 2 aromatic heterocycles. The molecule has 1 saturated carbocycles. The van der Waals surface area contributed by atoms with Crippen LogP contribution in [0.5, 0.6) is 0 Å². The molecule has 0 bridgehead atoms. The molecule has 0 spiro atoms. The number of aliphatic hydroxyl groups is 2. The van der Waals surface area contributed by atoms with Crippen molar-refractivity contribution < 1.29 is 23.8 Å². The Morgan fingerprint density at radius 3 is 2.55 bits per heavy atom. The topological polar surface area (TPSA) is 135 Å². The van der Waals surface area contributed by atoms with Crippen LogP contribution in [0.25, 0.3) is 6.20 Å². The van der Waals surface area contributed by atoms with Crippen LogP contribution in [0, 0.1) is 18.7 Å². The smallest absolute Gasteiger partial charge is 0.273 e. The number of rotatable bonds is 9. The third-order valence-corrected chi connectivity index (χ3v) is 7.90. The number of hydrogen-bond acceptors (Lipinski definition) is 7. The van der Waals surface area contributed by atoms with Crippen LogP contribution in [-0.4, -0.2) is 49.2 Å². The zero-order valence-corrected chi connectivity index (χ0v) is 25.8. The summed E-state index contributed by atoms with van der Waals surface area (Å²) in [5, 5.41) is 29.5. The molecule has 3 unspecified atom stereocenters. The Bertz CT molecular complexity index is 1760. The molecule has 3 N–H and O–H groups in total. The molecule has 4 rings (SSSR count). The van der Waals surface area contributed by atoms with Gasteiger partial charge in [0.05, 0.1) is 23.6 Å². The van der Waals surface area contributed by atoms with Crippen molar-refractivity contribution >= 4 is 37.3 Å². The van der Waals surface area contributed by atoms with Gasteiger partial charge >= 0.3 is 0 Å². The van der Waals surface area contributed by atoms with Crippen molar-refractivity contribution in [1.29, 1.82) is 0 Å². The maximum absolute atomic E-state index is 16.0. The number of halogens is 3. The molecular weight excluding hydrogens is 593 g/mol. The summed E-state index contributed by atoms with van der Waals surface area (Å²) in [5.41, 5.74) is -0.924. The van der Waals surface area contributed by atoms with E-state index in [0.717, 1.165) is 10.8 Å². The second kappa shape index (κ2) is 12.2. The minimum absolute atomic E-state index is 0.0271. The summed E-state index contributed by atoms with van der Waals surface area (Å²) < 4.78 is 32.9. The van der Waals surface area contributed by atoms with Crippen LogP contribution in [0.2, 0.25) is 5.02 Å². The van der Waals surface area contributed by atoms with Crippen LogP contribution >= 0.6 is 11.6 Å². The number of pyridine rings is 1. The number of nitrogens with zero attached hydrogens (tertiary/aromatic N) is 5. The van der Waals surface area contributed by atoms with E-state index in [1.54, 1.807) is 39.8 Å². The summed E-state index contributed by atoms with van der Waals surface area (Å²) in [7, 11) is 5.23. The van der Waals surface area contributed by atoms with Crippen LogP contribution in [0.4, 0.5) is 8.78 Å². The molecule has 2 heterocycles. The van der Waals surface area contributed by atoms with E-state index in [9.17, 15) is 19.8 Å². The van der Waals surface area contributed by atoms with Gasteiger partial charge in [-0.15, -0.1) is 4.80 Å². The summed E-state index contributed by atoms with van der Waals surface area (Å²) in [6, 6.07) is 6.03. The van der Waals surface area contributed by atoms with E-state index < -0.39 is 28.6 Å². The highest BCUT2D eigenvalue weighted by Crippen LogP contribution is 2.60. The maximum atomic E-state index is 16.0. The Morgan fingerprint density at radius 2 is 1.95 bits per heavy atom. The summed E-state index contributed by atoms with van der Waals surface area (Å²) in [4.78, 5) is 29.8. The number of aryl methyl sites for hydroxylation is 1. The fourth-order valence-corrected chi connectivity index (χ4v) is 5.69. The lowest BCUT2D eigenvalue weighted by Crippen LogP contribution is -2.40. The molecule has 1 fully saturated rings. The maximum Gasteiger partial charge on any atom is 0.273 e. The molecule has 1 aromatic carbocycles. The van der Waals surface area contributed by atoms with Gasteiger partial charge in [0.25, 0.3) is 5.56 Å². The third kappa shape index (κ3) is 6.45. The first-order valence-electron chi connectivity index (χ1n) is 13.7. The molecule has 1 amide bonds. The molecule has 1 aliphatic carbocycles. The van der Waals surface area contributed by atoms with Crippen molar-refractivity contribution in [1.82, 2.24) is 24.9 Å². The number of amides is 1. The average Bonchev–Trinajstić information content (AvgIpc) is 3.32. The van der Waals surface area contributed by atoms with Gasteiger partial charge in [-0.05, 0) is 57.2 Å². The molecule has 44 heavy (non-hydrogen) atoms. The Labute approximate surface area is 259 Å². The lowest BCUT2D eigenvalue weighted by Gasteiger charge is -2.27. The molecule has 230 valence electrons. The summed E-state index contributed by atoms with van der Waals surface area (Å²) in [6.45, 7) is 9.73. The first-order chi connectivity index (χ1) is 20.5. The largest absolute Gasteiger partial charge is 0.355 e. The first kappa shape index (κ1) is 33.0. The van der Waals surface area contributed by atoms with Gasteiger partial charge in [-0.1, -0.05) is 36.7 Å².